The van der Waals surface area contributed by atoms with Crippen LogP contribution in [0.5, 0.6) is 0 Å². The van der Waals surface area contributed by atoms with Gasteiger partial charge in [-0.1, -0.05) is 18.2 Å². The molecule has 1 aliphatic heterocycles. The van der Waals surface area contributed by atoms with E-state index < -0.39 is 0 Å². The molecule has 4 nitrogen and oxygen atoms in total. The Morgan fingerprint density at radius 3 is 2.91 bits per heavy atom. The van der Waals surface area contributed by atoms with Crippen molar-refractivity contribution in [3.8, 4) is 0 Å². The van der Waals surface area contributed by atoms with Gasteiger partial charge in [0, 0.05) is 49.7 Å². The smallest absolute Gasteiger partial charge is 0.251 e. The zero-order chi connectivity index (χ0) is 16.2. The number of likely N-dealkylation sites (N-methyl/N-ethyl adjacent to an activating group) is 1. The van der Waals surface area contributed by atoms with Crippen LogP contribution < -0.4 is 5.32 Å². The van der Waals surface area contributed by atoms with E-state index >= 15 is 0 Å². The number of benzene rings is 1. The molecule has 0 unspecified atom stereocenters. The van der Waals surface area contributed by atoms with Gasteiger partial charge >= 0.3 is 0 Å². The van der Waals surface area contributed by atoms with Crippen molar-refractivity contribution in [3.63, 3.8) is 0 Å². The van der Waals surface area contributed by atoms with E-state index in [0.717, 1.165) is 31.7 Å². The number of hydrogen-bond donors (Lipinski definition) is 1. The van der Waals surface area contributed by atoms with Crippen LogP contribution in [0.25, 0.3) is 0 Å². The summed E-state index contributed by atoms with van der Waals surface area (Å²) in [5.41, 5.74) is 1.94. The Balaban J connectivity index is 1.76. The largest absolute Gasteiger partial charge is 0.355 e. The quantitative estimate of drug-likeness (QED) is 0.936. The van der Waals surface area contributed by atoms with Gasteiger partial charge in [-0.3, -0.25) is 14.6 Å². The standard InChI is InChI=1S/C18H23N3OS/c1-19-18(22)15-6-3-5-14(11-15)17-13-21(9-8-20(17)2)12-16-7-4-10-23-16/h3-7,10-11,17H,8-9,12-13H2,1-2H3,(H,19,22)/t17-/m1/s1. The zero-order valence-electron chi connectivity index (χ0n) is 13.7. The van der Waals surface area contributed by atoms with E-state index in [9.17, 15) is 4.79 Å². The lowest BCUT2D eigenvalue weighted by atomic mass is 10.00. The number of rotatable bonds is 4. The Morgan fingerprint density at radius 2 is 2.17 bits per heavy atom. The molecule has 2 aromatic rings. The highest BCUT2D eigenvalue weighted by atomic mass is 32.1. The van der Waals surface area contributed by atoms with E-state index in [-0.39, 0.29) is 5.91 Å². The normalized spacial score (nSPS) is 19.7. The average Bonchev–Trinajstić information content (AvgIpc) is 3.09. The predicted octanol–water partition coefficient (Wildman–Crippen LogP) is 2.60. The van der Waals surface area contributed by atoms with E-state index in [4.69, 9.17) is 0 Å². The van der Waals surface area contributed by atoms with Crippen LogP contribution in [-0.4, -0.2) is 49.4 Å². The molecule has 0 bridgehead atoms. The van der Waals surface area contributed by atoms with Gasteiger partial charge in [-0.15, -0.1) is 11.3 Å². The first kappa shape index (κ1) is 16.2. The van der Waals surface area contributed by atoms with Crippen LogP contribution in [0, 0.1) is 0 Å². The monoisotopic (exact) mass is 329 g/mol. The van der Waals surface area contributed by atoms with Crippen LogP contribution in [0.3, 0.4) is 0 Å². The number of carbonyl (C=O) groups excluding carboxylic acids is 1. The lowest BCUT2D eigenvalue weighted by molar-refractivity contribution is 0.0908. The van der Waals surface area contributed by atoms with Gasteiger partial charge in [-0.2, -0.15) is 0 Å². The molecule has 0 saturated carbocycles. The molecule has 1 N–H and O–H groups in total. The summed E-state index contributed by atoms with van der Waals surface area (Å²) in [4.78, 5) is 18.2. The molecule has 2 heterocycles. The Morgan fingerprint density at radius 1 is 1.30 bits per heavy atom. The maximum absolute atomic E-state index is 11.9. The molecule has 1 amide bonds. The summed E-state index contributed by atoms with van der Waals surface area (Å²) in [5.74, 6) is -0.0271. The molecule has 0 aliphatic carbocycles. The van der Waals surface area contributed by atoms with Crippen molar-refractivity contribution >= 4 is 17.2 Å². The second kappa shape index (κ2) is 7.25. The van der Waals surface area contributed by atoms with Gasteiger partial charge in [0.05, 0.1) is 0 Å². The van der Waals surface area contributed by atoms with Crippen molar-refractivity contribution < 1.29 is 4.79 Å². The zero-order valence-corrected chi connectivity index (χ0v) is 14.5. The third-order valence-electron chi connectivity index (χ3n) is 4.45. The summed E-state index contributed by atoms with van der Waals surface area (Å²) in [5, 5.41) is 4.83. The first-order valence-corrected chi connectivity index (χ1v) is 8.82. The van der Waals surface area contributed by atoms with Crippen LogP contribution in [-0.2, 0) is 6.54 Å². The fourth-order valence-corrected chi connectivity index (χ4v) is 3.83. The lowest BCUT2D eigenvalue weighted by Crippen LogP contribution is -2.46. The number of amides is 1. The van der Waals surface area contributed by atoms with Crippen molar-refractivity contribution in [2.45, 2.75) is 12.6 Å². The molecule has 1 saturated heterocycles. The molecule has 122 valence electrons. The molecule has 5 heteroatoms. The van der Waals surface area contributed by atoms with Gasteiger partial charge in [-0.25, -0.2) is 0 Å². The number of nitrogens with one attached hydrogen (secondary N) is 1. The van der Waals surface area contributed by atoms with Crippen molar-refractivity contribution in [1.29, 1.82) is 0 Å². The Bertz CT molecular complexity index is 656. The minimum absolute atomic E-state index is 0.0271. The van der Waals surface area contributed by atoms with Crippen molar-refractivity contribution in [1.82, 2.24) is 15.1 Å². The molecule has 1 fully saturated rings. The third kappa shape index (κ3) is 3.80. The fraction of sp³-hybridized carbons (Fsp3) is 0.389. The molecular weight excluding hydrogens is 306 g/mol. The van der Waals surface area contributed by atoms with Crippen LogP contribution >= 0.6 is 11.3 Å². The first-order chi connectivity index (χ1) is 11.2. The lowest BCUT2D eigenvalue weighted by Gasteiger charge is -2.39. The van der Waals surface area contributed by atoms with Crippen molar-refractivity contribution in [2.75, 3.05) is 33.7 Å². The fourth-order valence-electron chi connectivity index (χ4n) is 3.09. The summed E-state index contributed by atoms with van der Waals surface area (Å²) < 4.78 is 0. The van der Waals surface area contributed by atoms with Crippen molar-refractivity contribution in [2.24, 2.45) is 0 Å². The maximum atomic E-state index is 11.9. The number of piperazine rings is 1. The van der Waals surface area contributed by atoms with E-state index in [1.807, 2.05) is 29.5 Å². The van der Waals surface area contributed by atoms with Crippen LogP contribution in [0.2, 0.25) is 0 Å². The van der Waals surface area contributed by atoms with Gasteiger partial charge in [0.25, 0.3) is 5.91 Å². The minimum atomic E-state index is -0.0271. The maximum Gasteiger partial charge on any atom is 0.251 e. The van der Waals surface area contributed by atoms with Gasteiger partial charge in [-0.05, 0) is 36.2 Å². The summed E-state index contributed by atoms with van der Waals surface area (Å²) in [6, 6.07) is 12.6. The molecule has 0 radical (unpaired) electrons. The number of thiophene rings is 1. The van der Waals surface area contributed by atoms with Gasteiger partial charge in [0.2, 0.25) is 0 Å². The van der Waals surface area contributed by atoms with E-state index in [1.165, 1.54) is 10.4 Å². The van der Waals surface area contributed by atoms with Crippen LogP contribution in [0.4, 0.5) is 0 Å². The highest BCUT2D eigenvalue weighted by Gasteiger charge is 2.26. The molecule has 3 rings (SSSR count). The molecule has 1 aromatic heterocycles. The summed E-state index contributed by atoms with van der Waals surface area (Å²) >= 11 is 1.82. The summed E-state index contributed by atoms with van der Waals surface area (Å²) in [7, 11) is 3.84. The average molecular weight is 329 g/mol. The second-order valence-corrected chi connectivity index (χ2v) is 7.05. The number of nitrogens with zero attached hydrogens (tertiary/aromatic N) is 2. The Labute approximate surface area is 141 Å². The molecule has 1 aliphatic rings. The predicted molar refractivity (Wildman–Crippen MR) is 94.8 cm³/mol. The van der Waals surface area contributed by atoms with E-state index in [0.29, 0.717) is 6.04 Å². The summed E-state index contributed by atoms with van der Waals surface area (Å²) in [6.45, 7) is 4.13. The molecule has 0 spiro atoms. The second-order valence-electron chi connectivity index (χ2n) is 6.02. The highest BCUT2D eigenvalue weighted by Crippen LogP contribution is 2.26. The number of carbonyl (C=O) groups is 1. The Kier molecular flexibility index (Phi) is 5.10. The third-order valence-corrected chi connectivity index (χ3v) is 5.31. The molecule has 1 atom stereocenters. The molecule has 23 heavy (non-hydrogen) atoms. The van der Waals surface area contributed by atoms with Crippen LogP contribution in [0.1, 0.15) is 26.8 Å². The topological polar surface area (TPSA) is 35.6 Å². The van der Waals surface area contributed by atoms with Gasteiger partial charge in [0.1, 0.15) is 0 Å². The molecular formula is C18H23N3OS. The highest BCUT2D eigenvalue weighted by molar-refractivity contribution is 7.09. The van der Waals surface area contributed by atoms with Gasteiger partial charge in [0.15, 0.2) is 0 Å². The minimum Gasteiger partial charge on any atom is -0.355 e. The van der Waals surface area contributed by atoms with E-state index in [1.54, 1.807) is 7.05 Å². The summed E-state index contributed by atoms with van der Waals surface area (Å²) in [6.07, 6.45) is 0. The Hall–Kier alpha value is -1.69. The first-order valence-electron chi connectivity index (χ1n) is 7.94. The molecule has 1 aromatic carbocycles. The van der Waals surface area contributed by atoms with Crippen LogP contribution in [0.15, 0.2) is 41.8 Å². The number of hydrogen-bond acceptors (Lipinski definition) is 4. The van der Waals surface area contributed by atoms with Gasteiger partial charge < -0.3 is 5.32 Å². The SMILES string of the molecule is CNC(=O)c1cccc([C@H]2CN(Cc3cccs3)CCN2C)c1. The van der Waals surface area contributed by atoms with Crippen molar-refractivity contribution in [3.05, 3.63) is 57.8 Å². The van der Waals surface area contributed by atoms with E-state index in [2.05, 4.69) is 45.7 Å².